The van der Waals surface area contributed by atoms with Crippen LogP contribution in [0.2, 0.25) is 0 Å². The number of phosphoric ester groups is 2. The van der Waals surface area contributed by atoms with Gasteiger partial charge in [-0.3, -0.25) is 37.3 Å². The van der Waals surface area contributed by atoms with Crippen LogP contribution >= 0.6 is 15.6 Å². The third-order valence-corrected chi connectivity index (χ3v) is 20.9. The average molecular weight is 1480 g/mol. The average Bonchev–Trinajstić information content (AvgIpc) is 0.980. The fraction of sp³-hybridized carbons (Fsp3) is 0.902. The van der Waals surface area contributed by atoms with Crippen molar-refractivity contribution in [3.8, 4) is 0 Å². The number of aliphatic hydroxyl groups is 1. The van der Waals surface area contributed by atoms with Gasteiger partial charge in [-0.15, -0.1) is 0 Å². The molecule has 0 rings (SSSR count). The summed E-state index contributed by atoms with van der Waals surface area (Å²) in [6.45, 7) is 7.29. The van der Waals surface area contributed by atoms with Crippen LogP contribution in [0.15, 0.2) is 24.3 Å². The number of aliphatic hydroxyl groups excluding tert-OH is 1. The largest absolute Gasteiger partial charge is 0.472 e. The lowest BCUT2D eigenvalue weighted by molar-refractivity contribution is -0.161. The van der Waals surface area contributed by atoms with Crippen molar-refractivity contribution in [3.05, 3.63) is 24.3 Å². The first kappa shape index (κ1) is 98.5. The van der Waals surface area contributed by atoms with Crippen LogP contribution in [0.5, 0.6) is 0 Å². The second-order valence-corrected chi connectivity index (χ2v) is 32.0. The summed E-state index contributed by atoms with van der Waals surface area (Å²) in [6.07, 6.45) is 69.0. The Hall–Kier alpha value is -2.46. The molecule has 0 heterocycles. The smallest absolute Gasteiger partial charge is 0.462 e. The van der Waals surface area contributed by atoms with Crippen LogP contribution in [0.25, 0.3) is 0 Å². The highest BCUT2D eigenvalue weighted by molar-refractivity contribution is 7.47. The van der Waals surface area contributed by atoms with Gasteiger partial charge in [0, 0.05) is 25.7 Å². The van der Waals surface area contributed by atoms with Crippen LogP contribution in [-0.2, 0) is 65.4 Å². The molecule has 0 spiro atoms. The quantitative estimate of drug-likeness (QED) is 0.0169. The number of carbonyl (C=O) groups excluding carboxylic acids is 4. The van der Waals surface area contributed by atoms with Crippen molar-refractivity contribution in [1.29, 1.82) is 0 Å². The zero-order valence-electron chi connectivity index (χ0n) is 65.5. The van der Waals surface area contributed by atoms with Gasteiger partial charge in [0.1, 0.15) is 19.3 Å². The number of phosphoric acid groups is 2. The van der Waals surface area contributed by atoms with Gasteiger partial charge in [-0.1, -0.05) is 361 Å². The molecular formula is C82H156O17P2. The first-order valence-corrected chi connectivity index (χ1v) is 45.0. The van der Waals surface area contributed by atoms with E-state index in [4.69, 9.17) is 37.0 Å². The van der Waals surface area contributed by atoms with E-state index < -0.39 is 97.5 Å². The Morgan fingerprint density at radius 1 is 0.317 bits per heavy atom. The fourth-order valence-corrected chi connectivity index (χ4v) is 13.8. The van der Waals surface area contributed by atoms with Crippen LogP contribution in [0.4, 0.5) is 0 Å². The number of hydrogen-bond donors (Lipinski definition) is 3. The van der Waals surface area contributed by atoms with Crippen LogP contribution in [0.3, 0.4) is 0 Å². The molecule has 0 aliphatic carbocycles. The molecule has 17 nitrogen and oxygen atoms in total. The lowest BCUT2D eigenvalue weighted by Crippen LogP contribution is -2.30. The number of carbonyl (C=O) groups is 4. The van der Waals surface area contributed by atoms with Gasteiger partial charge < -0.3 is 33.8 Å². The van der Waals surface area contributed by atoms with E-state index in [0.29, 0.717) is 25.7 Å². The van der Waals surface area contributed by atoms with Crippen molar-refractivity contribution in [2.75, 3.05) is 39.6 Å². The standard InChI is InChI=1S/C82H156O17P2/c1-6-10-13-16-19-21-23-25-27-30-35-38-42-46-51-56-61-66-80(85)93-72-78(99-82(87)68-63-58-53-48-44-40-36-32-29-28-31-34-37-41-45-50-54-59-64-75(5)9-4)74-97-101(90,91)95-70-76(83)69-94-100(88,89)96-73-77(71-92-79(84)65-60-55-49-18-15-12-8-3)98-81(86)67-62-57-52-47-43-39-33-26-24-22-20-17-14-11-7-2/h22,24,26,33,75-78,83H,6-21,23,25,27-32,34-74H2,1-5H3,(H,88,89)(H,90,91)/b24-22-,33-26-/t75?,76-,77+,78+/m0/s1. The second kappa shape index (κ2) is 74.4. The molecule has 6 atom stereocenters. The van der Waals surface area contributed by atoms with Crippen molar-refractivity contribution in [1.82, 2.24) is 0 Å². The molecule has 0 aromatic heterocycles. The molecule has 0 radical (unpaired) electrons. The minimum Gasteiger partial charge on any atom is -0.462 e. The third kappa shape index (κ3) is 74.2. The van der Waals surface area contributed by atoms with Gasteiger partial charge >= 0.3 is 39.5 Å². The Balaban J connectivity index is 5.19. The van der Waals surface area contributed by atoms with Gasteiger partial charge in [-0.05, 0) is 57.3 Å². The molecular weight excluding hydrogens is 1320 g/mol. The van der Waals surface area contributed by atoms with Crippen LogP contribution < -0.4 is 0 Å². The lowest BCUT2D eigenvalue weighted by Gasteiger charge is -2.21. The van der Waals surface area contributed by atoms with Crippen LogP contribution in [0, 0.1) is 5.92 Å². The fourth-order valence-electron chi connectivity index (χ4n) is 12.2. The summed E-state index contributed by atoms with van der Waals surface area (Å²) in [5.41, 5.74) is 0. The van der Waals surface area contributed by atoms with Gasteiger partial charge in [0.15, 0.2) is 12.2 Å². The van der Waals surface area contributed by atoms with E-state index in [1.807, 2.05) is 0 Å². The summed E-state index contributed by atoms with van der Waals surface area (Å²) < 4.78 is 68.6. The highest BCUT2D eigenvalue weighted by Gasteiger charge is 2.30. The summed E-state index contributed by atoms with van der Waals surface area (Å²) in [4.78, 5) is 72.9. The first-order valence-electron chi connectivity index (χ1n) is 42.0. The highest BCUT2D eigenvalue weighted by Crippen LogP contribution is 2.45. The van der Waals surface area contributed by atoms with Crippen LogP contribution in [0.1, 0.15) is 413 Å². The number of hydrogen-bond acceptors (Lipinski definition) is 15. The predicted molar refractivity (Wildman–Crippen MR) is 414 cm³/mol. The maximum absolute atomic E-state index is 13.1. The molecule has 3 N–H and O–H groups in total. The summed E-state index contributed by atoms with van der Waals surface area (Å²) in [5.74, 6) is -1.27. The maximum Gasteiger partial charge on any atom is 0.472 e. The number of allylic oxidation sites excluding steroid dienone is 4. The maximum atomic E-state index is 13.1. The van der Waals surface area contributed by atoms with Gasteiger partial charge in [0.2, 0.25) is 0 Å². The van der Waals surface area contributed by atoms with E-state index in [1.165, 1.54) is 212 Å². The van der Waals surface area contributed by atoms with Crippen molar-refractivity contribution < 1.29 is 80.2 Å². The van der Waals surface area contributed by atoms with Crippen molar-refractivity contribution in [3.63, 3.8) is 0 Å². The molecule has 596 valence electrons. The Morgan fingerprint density at radius 3 is 0.842 bits per heavy atom. The summed E-state index contributed by atoms with van der Waals surface area (Å²) in [7, 11) is -9.93. The highest BCUT2D eigenvalue weighted by atomic mass is 31.2. The molecule has 101 heavy (non-hydrogen) atoms. The molecule has 0 fully saturated rings. The van der Waals surface area contributed by atoms with E-state index in [0.717, 1.165) is 121 Å². The van der Waals surface area contributed by atoms with Gasteiger partial charge in [0.25, 0.3) is 0 Å². The monoisotopic (exact) mass is 1480 g/mol. The molecule has 0 amide bonds. The van der Waals surface area contributed by atoms with Gasteiger partial charge in [-0.25, -0.2) is 9.13 Å². The van der Waals surface area contributed by atoms with E-state index in [9.17, 15) is 43.2 Å². The molecule has 0 aliphatic rings. The zero-order valence-corrected chi connectivity index (χ0v) is 67.3. The number of unbranched alkanes of at least 4 members (excludes halogenated alkanes) is 48. The normalized spacial score (nSPS) is 14.3. The SMILES string of the molecule is CCCCCC/C=C\C=C/CCCCCCCC(=O)O[C@H](COC(=O)CCCCCCCCC)COP(=O)(O)OC[C@H](O)COP(=O)(O)OC[C@@H](COC(=O)CCCCCCCCCCCCCCCCCCC)OC(=O)CCCCCCCCCCCCCCCCCCCCC(C)CC. The molecule has 3 unspecified atom stereocenters. The molecule has 0 aromatic rings. The Morgan fingerprint density at radius 2 is 0.554 bits per heavy atom. The van der Waals surface area contributed by atoms with Gasteiger partial charge in [0.05, 0.1) is 26.4 Å². The molecule has 0 saturated heterocycles. The molecule has 19 heteroatoms. The van der Waals surface area contributed by atoms with Gasteiger partial charge in [-0.2, -0.15) is 0 Å². The molecule has 0 aliphatic heterocycles. The van der Waals surface area contributed by atoms with E-state index in [2.05, 4.69) is 58.9 Å². The van der Waals surface area contributed by atoms with E-state index >= 15 is 0 Å². The second-order valence-electron chi connectivity index (χ2n) is 29.1. The zero-order chi connectivity index (χ0) is 74.1. The lowest BCUT2D eigenvalue weighted by atomic mass is 9.99. The Kier molecular flexibility index (Phi) is 72.6. The Labute approximate surface area is 618 Å². The summed E-state index contributed by atoms with van der Waals surface area (Å²) in [6, 6.07) is 0. The topological polar surface area (TPSA) is 237 Å². The predicted octanol–water partition coefficient (Wildman–Crippen LogP) is 24.4. The van der Waals surface area contributed by atoms with Crippen molar-refractivity contribution in [2.24, 2.45) is 5.92 Å². The van der Waals surface area contributed by atoms with Crippen molar-refractivity contribution in [2.45, 2.75) is 432 Å². The first-order chi connectivity index (χ1) is 49.1. The number of rotatable bonds is 80. The summed E-state index contributed by atoms with van der Waals surface area (Å²) >= 11 is 0. The minimum atomic E-state index is -4.97. The number of ether oxygens (including phenoxy) is 4. The molecule has 0 saturated carbocycles. The summed E-state index contributed by atoms with van der Waals surface area (Å²) in [5, 5.41) is 10.6. The third-order valence-electron chi connectivity index (χ3n) is 19.0. The minimum absolute atomic E-state index is 0.0851. The number of esters is 4. The van der Waals surface area contributed by atoms with E-state index in [1.54, 1.807) is 0 Å². The molecule has 0 aromatic carbocycles. The van der Waals surface area contributed by atoms with Crippen LogP contribution in [-0.4, -0.2) is 96.7 Å². The Bertz CT molecular complexity index is 2020. The molecule has 0 bridgehead atoms. The van der Waals surface area contributed by atoms with E-state index in [-0.39, 0.29) is 25.7 Å². The van der Waals surface area contributed by atoms with Crippen molar-refractivity contribution >= 4 is 39.5 Å².